The highest BCUT2D eigenvalue weighted by atomic mass is 16.5. The van der Waals surface area contributed by atoms with Crippen molar-refractivity contribution in [3.63, 3.8) is 0 Å². The molecule has 0 unspecified atom stereocenters. The maximum absolute atomic E-state index is 13.3. The third kappa shape index (κ3) is 6.86. The summed E-state index contributed by atoms with van der Waals surface area (Å²) in [6.07, 6.45) is -0.156. The first-order valence-corrected chi connectivity index (χ1v) is 12.2. The van der Waals surface area contributed by atoms with Crippen LogP contribution in [0, 0.1) is 5.92 Å². The lowest BCUT2D eigenvalue weighted by Crippen LogP contribution is -2.45. The van der Waals surface area contributed by atoms with E-state index < -0.39 is 48.1 Å². The number of carbonyl (C=O) groups is 5. The van der Waals surface area contributed by atoms with Crippen LogP contribution in [0.25, 0.3) is 0 Å². The Morgan fingerprint density at radius 3 is 2.05 bits per heavy atom. The Kier molecular flexibility index (Phi) is 8.67. The van der Waals surface area contributed by atoms with E-state index >= 15 is 0 Å². The van der Waals surface area contributed by atoms with Crippen molar-refractivity contribution < 1.29 is 33.4 Å². The summed E-state index contributed by atoms with van der Waals surface area (Å²) in [6.45, 7) is -0.630. The van der Waals surface area contributed by atoms with Crippen LogP contribution in [0.5, 0.6) is 0 Å². The SMILES string of the molecule is COC(=O)c1ccc(NC(=O)COC(=O)[C@H]2CC(=O)N(NC(=O)C(c3ccccc3)c3ccccc3)C2)cc1. The van der Waals surface area contributed by atoms with Crippen molar-refractivity contribution in [3.8, 4) is 0 Å². The molecule has 39 heavy (non-hydrogen) atoms. The number of benzene rings is 3. The van der Waals surface area contributed by atoms with Gasteiger partial charge < -0.3 is 14.8 Å². The number of hydrogen-bond acceptors (Lipinski definition) is 7. The Balaban J connectivity index is 1.31. The van der Waals surface area contributed by atoms with E-state index in [9.17, 15) is 24.0 Å². The molecule has 2 N–H and O–H groups in total. The minimum atomic E-state index is -0.836. The number of methoxy groups -OCH3 is 1. The van der Waals surface area contributed by atoms with Crippen LogP contribution in [0.15, 0.2) is 84.9 Å². The highest BCUT2D eigenvalue weighted by Crippen LogP contribution is 2.26. The molecule has 1 heterocycles. The largest absolute Gasteiger partial charge is 0.465 e. The van der Waals surface area contributed by atoms with Gasteiger partial charge in [-0.15, -0.1) is 0 Å². The molecule has 3 amide bonds. The Morgan fingerprint density at radius 1 is 0.897 bits per heavy atom. The van der Waals surface area contributed by atoms with E-state index in [0.29, 0.717) is 11.3 Å². The summed E-state index contributed by atoms with van der Waals surface area (Å²) >= 11 is 0. The monoisotopic (exact) mass is 529 g/mol. The van der Waals surface area contributed by atoms with Crippen molar-refractivity contribution in [2.24, 2.45) is 5.92 Å². The van der Waals surface area contributed by atoms with Gasteiger partial charge >= 0.3 is 11.9 Å². The summed E-state index contributed by atoms with van der Waals surface area (Å²) in [7, 11) is 1.27. The zero-order chi connectivity index (χ0) is 27.8. The predicted octanol–water partition coefficient (Wildman–Crippen LogP) is 2.67. The zero-order valence-corrected chi connectivity index (χ0v) is 21.2. The molecule has 1 fully saturated rings. The standard InChI is InChI=1S/C29H27N3O7/c1-38-28(36)21-12-14-23(15-13-21)30-24(33)18-39-29(37)22-16-25(34)32(17-22)31-27(35)26(19-8-4-2-5-9-19)20-10-6-3-7-11-20/h2-15,22,26H,16-18H2,1H3,(H,30,33)(H,31,35)/t22-/m0/s1. The van der Waals surface area contributed by atoms with E-state index in [1.165, 1.54) is 31.4 Å². The highest BCUT2D eigenvalue weighted by molar-refractivity contribution is 5.95. The molecule has 0 aliphatic carbocycles. The van der Waals surface area contributed by atoms with Gasteiger partial charge in [0, 0.05) is 12.1 Å². The molecule has 0 saturated carbocycles. The molecule has 1 atom stereocenters. The number of carbonyl (C=O) groups excluding carboxylic acids is 5. The number of hydrazine groups is 1. The first-order chi connectivity index (χ1) is 18.9. The van der Waals surface area contributed by atoms with Crippen molar-refractivity contribution in [2.75, 3.05) is 25.6 Å². The minimum Gasteiger partial charge on any atom is -0.465 e. The van der Waals surface area contributed by atoms with Crippen molar-refractivity contribution in [3.05, 3.63) is 102 Å². The van der Waals surface area contributed by atoms with Gasteiger partial charge in [0.25, 0.3) is 11.8 Å². The lowest BCUT2D eigenvalue weighted by atomic mass is 9.91. The van der Waals surface area contributed by atoms with Crippen LogP contribution >= 0.6 is 0 Å². The van der Waals surface area contributed by atoms with E-state index in [-0.39, 0.29) is 13.0 Å². The molecule has 0 aromatic heterocycles. The van der Waals surface area contributed by atoms with Gasteiger partial charge in [-0.2, -0.15) is 0 Å². The average Bonchev–Trinajstić information content (AvgIpc) is 3.32. The zero-order valence-electron chi connectivity index (χ0n) is 21.2. The summed E-state index contributed by atoms with van der Waals surface area (Å²) in [5.74, 6) is -4.15. The Hall–Kier alpha value is -4.99. The quantitative estimate of drug-likeness (QED) is 0.408. The van der Waals surface area contributed by atoms with Crippen LogP contribution in [0.3, 0.4) is 0 Å². The lowest BCUT2D eigenvalue weighted by Gasteiger charge is -2.23. The van der Waals surface area contributed by atoms with Crippen LogP contribution in [-0.4, -0.2) is 54.9 Å². The molecule has 1 aliphatic rings. The predicted molar refractivity (Wildman–Crippen MR) is 140 cm³/mol. The number of esters is 2. The van der Waals surface area contributed by atoms with Gasteiger partial charge in [-0.05, 0) is 35.4 Å². The molecule has 1 aliphatic heterocycles. The highest BCUT2D eigenvalue weighted by Gasteiger charge is 2.37. The lowest BCUT2D eigenvalue weighted by molar-refractivity contribution is -0.151. The van der Waals surface area contributed by atoms with Gasteiger partial charge in [0.15, 0.2) is 6.61 Å². The number of amides is 3. The third-order valence-corrected chi connectivity index (χ3v) is 6.17. The van der Waals surface area contributed by atoms with E-state index in [1.54, 1.807) is 0 Å². The average molecular weight is 530 g/mol. The molecule has 0 radical (unpaired) electrons. The molecular weight excluding hydrogens is 502 g/mol. The van der Waals surface area contributed by atoms with Gasteiger partial charge in [0.1, 0.15) is 0 Å². The maximum Gasteiger partial charge on any atom is 0.337 e. The number of ether oxygens (including phenoxy) is 2. The molecule has 0 spiro atoms. The number of rotatable bonds is 9. The first-order valence-electron chi connectivity index (χ1n) is 12.2. The van der Waals surface area contributed by atoms with Crippen molar-refractivity contribution in [2.45, 2.75) is 12.3 Å². The maximum atomic E-state index is 13.3. The first kappa shape index (κ1) is 27.1. The number of anilines is 1. The molecule has 3 aromatic rings. The van der Waals surface area contributed by atoms with Crippen molar-refractivity contribution >= 4 is 35.3 Å². The van der Waals surface area contributed by atoms with Crippen LogP contribution in [0.2, 0.25) is 0 Å². The van der Waals surface area contributed by atoms with Gasteiger partial charge in [-0.3, -0.25) is 29.6 Å². The molecule has 10 heteroatoms. The van der Waals surface area contributed by atoms with Gasteiger partial charge in [0.05, 0.1) is 31.1 Å². The summed E-state index contributed by atoms with van der Waals surface area (Å²) in [5.41, 5.74) is 4.89. The fourth-order valence-electron chi connectivity index (χ4n) is 4.22. The van der Waals surface area contributed by atoms with Crippen LogP contribution in [0.1, 0.15) is 33.8 Å². The fourth-order valence-corrected chi connectivity index (χ4v) is 4.22. The Morgan fingerprint density at radius 2 is 1.49 bits per heavy atom. The number of nitrogens with one attached hydrogen (secondary N) is 2. The van der Waals surface area contributed by atoms with Gasteiger partial charge in [-0.25, -0.2) is 4.79 Å². The molecule has 0 bridgehead atoms. The van der Waals surface area contributed by atoms with Crippen LogP contribution < -0.4 is 10.7 Å². The van der Waals surface area contributed by atoms with Crippen LogP contribution in [-0.2, 0) is 28.7 Å². The number of nitrogens with zero attached hydrogens (tertiary/aromatic N) is 1. The second kappa shape index (κ2) is 12.5. The molecule has 200 valence electrons. The summed E-state index contributed by atoms with van der Waals surface area (Å²) in [6, 6.07) is 24.4. The third-order valence-electron chi connectivity index (χ3n) is 6.17. The topological polar surface area (TPSA) is 131 Å². The van der Waals surface area contributed by atoms with Crippen molar-refractivity contribution in [1.82, 2.24) is 10.4 Å². The van der Waals surface area contributed by atoms with Crippen molar-refractivity contribution in [1.29, 1.82) is 0 Å². The van der Waals surface area contributed by atoms with E-state index in [4.69, 9.17) is 4.74 Å². The van der Waals surface area contributed by atoms with E-state index in [0.717, 1.165) is 16.1 Å². The summed E-state index contributed by atoms with van der Waals surface area (Å²) in [4.78, 5) is 62.2. The fraction of sp³-hybridized carbons (Fsp3) is 0.207. The summed E-state index contributed by atoms with van der Waals surface area (Å²) < 4.78 is 9.74. The minimum absolute atomic E-state index is 0.0731. The molecular formula is C29H27N3O7. The molecule has 1 saturated heterocycles. The van der Waals surface area contributed by atoms with E-state index in [1.807, 2.05) is 60.7 Å². The van der Waals surface area contributed by atoms with E-state index in [2.05, 4.69) is 15.5 Å². The molecule has 4 rings (SSSR count). The Bertz CT molecular complexity index is 1300. The number of hydrogen-bond donors (Lipinski definition) is 2. The second-order valence-electron chi connectivity index (χ2n) is 8.86. The Labute approximate surface area is 224 Å². The van der Waals surface area contributed by atoms with Crippen LogP contribution in [0.4, 0.5) is 5.69 Å². The normalized spacial score (nSPS) is 14.6. The second-order valence-corrected chi connectivity index (χ2v) is 8.86. The molecule has 10 nitrogen and oxygen atoms in total. The van der Waals surface area contributed by atoms with Gasteiger partial charge in [0.2, 0.25) is 5.91 Å². The summed E-state index contributed by atoms with van der Waals surface area (Å²) in [5, 5.41) is 3.68. The molecule has 3 aromatic carbocycles. The van der Waals surface area contributed by atoms with Gasteiger partial charge in [-0.1, -0.05) is 60.7 Å². The smallest absolute Gasteiger partial charge is 0.337 e.